The average Bonchev–Trinajstić information content (AvgIpc) is 2.60. The molecule has 6 nitrogen and oxygen atoms in total. The minimum absolute atomic E-state index is 0.00267. The molecule has 0 atom stereocenters. The molecule has 1 aromatic carbocycles. The SMILES string of the molecule is C#CC(C)(C)Oc1cc(OCOC)cc(C(=O)N(CC)CC)c1C=O. The van der Waals surface area contributed by atoms with E-state index in [1.807, 2.05) is 13.8 Å². The maximum Gasteiger partial charge on any atom is 0.254 e. The van der Waals surface area contributed by atoms with E-state index in [9.17, 15) is 9.59 Å². The number of amides is 1. The minimum Gasteiger partial charge on any atom is -0.474 e. The fourth-order valence-corrected chi connectivity index (χ4v) is 2.18. The average molecular weight is 347 g/mol. The smallest absolute Gasteiger partial charge is 0.254 e. The lowest BCUT2D eigenvalue weighted by atomic mass is 10.0. The van der Waals surface area contributed by atoms with Gasteiger partial charge in [-0.25, -0.2) is 0 Å². The van der Waals surface area contributed by atoms with Crippen LogP contribution in [0.2, 0.25) is 0 Å². The Morgan fingerprint density at radius 1 is 1.32 bits per heavy atom. The summed E-state index contributed by atoms with van der Waals surface area (Å²) in [6.07, 6.45) is 6.06. The van der Waals surface area contributed by atoms with Crippen molar-refractivity contribution in [2.45, 2.75) is 33.3 Å². The number of ether oxygens (including phenoxy) is 3. The van der Waals surface area contributed by atoms with Gasteiger partial charge < -0.3 is 19.1 Å². The first kappa shape index (κ1) is 20.5. The fraction of sp³-hybridized carbons (Fsp3) is 0.474. The summed E-state index contributed by atoms with van der Waals surface area (Å²) in [5.41, 5.74) is -0.604. The van der Waals surface area contributed by atoms with Crippen molar-refractivity contribution in [3.63, 3.8) is 0 Å². The molecule has 0 aliphatic heterocycles. The molecule has 0 spiro atoms. The molecule has 1 rings (SSSR count). The highest BCUT2D eigenvalue weighted by Crippen LogP contribution is 2.31. The van der Waals surface area contributed by atoms with E-state index >= 15 is 0 Å². The van der Waals surface area contributed by atoms with Crippen molar-refractivity contribution in [1.82, 2.24) is 4.90 Å². The predicted octanol–water partition coefficient (Wildman–Crippen LogP) is 2.75. The summed E-state index contributed by atoms with van der Waals surface area (Å²) in [5, 5.41) is 0. The Morgan fingerprint density at radius 2 is 1.96 bits per heavy atom. The Balaban J connectivity index is 3.49. The third-order valence-electron chi connectivity index (χ3n) is 3.57. The zero-order chi connectivity index (χ0) is 19.0. The molecule has 0 unspecified atom stereocenters. The third kappa shape index (κ3) is 5.23. The highest BCUT2D eigenvalue weighted by atomic mass is 16.7. The lowest BCUT2D eigenvalue weighted by molar-refractivity contribution is 0.0504. The molecule has 0 bridgehead atoms. The van der Waals surface area contributed by atoms with Gasteiger partial charge in [0.1, 0.15) is 11.5 Å². The van der Waals surface area contributed by atoms with Crippen LogP contribution in [0.1, 0.15) is 48.4 Å². The Kier molecular flexibility index (Phi) is 7.46. The molecule has 136 valence electrons. The van der Waals surface area contributed by atoms with Crippen molar-refractivity contribution in [2.75, 3.05) is 27.0 Å². The van der Waals surface area contributed by atoms with E-state index in [4.69, 9.17) is 20.6 Å². The molecule has 25 heavy (non-hydrogen) atoms. The van der Waals surface area contributed by atoms with Gasteiger partial charge in [0.2, 0.25) is 0 Å². The van der Waals surface area contributed by atoms with Crippen LogP contribution in [0.15, 0.2) is 12.1 Å². The lowest BCUT2D eigenvalue weighted by Gasteiger charge is -2.24. The molecule has 0 aliphatic rings. The van der Waals surface area contributed by atoms with E-state index in [1.54, 1.807) is 18.7 Å². The molecule has 0 aromatic heterocycles. The van der Waals surface area contributed by atoms with Crippen LogP contribution in [-0.4, -0.2) is 49.7 Å². The van der Waals surface area contributed by atoms with Gasteiger partial charge in [-0.05, 0) is 33.8 Å². The molecule has 0 heterocycles. The van der Waals surface area contributed by atoms with Crippen LogP contribution in [0, 0.1) is 12.3 Å². The van der Waals surface area contributed by atoms with Crippen molar-refractivity contribution >= 4 is 12.2 Å². The van der Waals surface area contributed by atoms with Crippen LogP contribution >= 0.6 is 0 Å². The maximum atomic E-state index is 12.8. The van der Waals surface area contributed by atoms with Crippen molar-refractivity contribution in [3.05, 3.63) is 23.3 Å². The van der Waals surface area contributed by atoms with Gasteiger partial charge in [-0.15, -0.1) is 6.42 Å². The van der Waals surface area contributed by atoms with Crippen LogP contribution in [0.4, 0.5) is 0 Å². The van der Waals surface area contributed by atoms with E-state index in [0.717, 1.165) is 0 Å². The lowest BCUT2D eigenvalue weighted by Crippen LogP contribution is -2.32. The van der Waals surface area contributed by atoms with Gasteiger partial charge in [-0.2, -0.15) is 0 Å². The number of rotatable bonds is 9. The molecule has 0 fully saturated rings. The standard InChI is InChI=1S/C19H25NO5/c1-7-19(4,5)25-17-11-14(24-13-23-6)10-15(16(17)12-21)18(22)20(8-2)9-3/h1,10-12H,8-9,13H2,2-6H3. The number of carbonyl (C=O) groups excluding carboxylic acids is 2. The molecule has 1 aromatic rings. The van der Waals surface area contributed by atoms with Crippen molar-refractivity contribution < 1.29 is 23.8 Å². The first-order valence-electron chi connectivity index (χ1n) is 8.04. The van der Waals surface area contributed by atoms with Crippen LogP contribution in [-0.2, 0) is 4.74 Å². The van der Waals surface area contributed by atoms with E-state index in [1.165, 1.54) is 19.2 Å². The van der Waals surface area contributed by atoms with Gasteiger partial charge in [0, 0.05) is 26.3 Å². The number of carbonyl (C=O) groups is 2. The largest absolute Gasteiger partial charge is 0.474 e. The Labute approximate surface area is 149 Å². The van der Waals surface area contributed by atoms with Gasteiger partial charge in [0.15, 0.2) is 18.7 Å². The number of nitrogens with zero attached hydrogens (tertiary/aromatic N) is 1. The zero-order valence-corrected chi connectivity index (χ0v) is 15.4. The number of aldehydes is 1. The van der Waals surface area contributed by atoms with Crippen molar-refractivity contribution in [1.29, 1.82) is 0 Å². The molecule has 0 saturated heterocycles. The summed E-state index contributed by atoms with van der Waals surface area (Å²) in [6.45, 7) is 8.15. The normalized spacial score (nSPS) is 10.7. The summed E-state index contributed by atoms with van der Waals surface area (Å²) >= 11 is 0. The van der Waals surface area contributed by atoms with E-state index < -0.39 is 5.60 Å². The van der Waals surface area contributed by atoms with E-state index in [0.29, 0.717) is 25.1 Å². The predicted molar refractivity (Wildman–Crippen MR) is 95.1 cm³/mol. The van der Waals surface area contributed by atoms with Gasteiger partial charge in [-0.1, -0.05) is 5.92 Å². The molecule has 0 N–H and O–H groups in total. The summed E-state index contributed by atoms with van der Waals surface area (Å²) in [6, 6.07) is 3.04. The Hall–Kier alpha value is -2.52. The zero-order valence-electron chi connectivity index (χ0n) is 15.4. The minimum atomic E-state index is -0.951. The summed E-state index contributed by atoms with van der Waals surface area (Å²) < 4.78 is 16.1. The third-order valence-corrected chi connectivity index (χ3v) is 3.57. The highest BCUT2D eigenvalue weighted by Gasteiger charge is 2.25. The first-order valence-corrected chi connectivity index (χ1v) is 8.04. The molecule has 0 aliphatic carbocycles. The van der Waals surface area contributed by atoms with Crippen LogP contribution < -0.4 is 9.47 Å². The second kappa shape index (κ2) is 9.09. The summed E-state index contributed by atoms with van der Waals surface area (Å²) in [5.74, 6) is 2.77. The quantitative estimate of drug-likeness (QED) is 0.390. The number of benzene rings is 1. The van der Waals surface area contributed by atoms with Crippen LogP contribution in [0.5, 0.6) is 11.5 Å². The van der Waals surface area contributed by atoms with Crippen molar-refractivity contribution in [3.8, 4) is 23.8 Å². The first-order chi connectivity index (χ1) is 11.8. The van der Waals surface area contributed by atoms with Gasteiger partial charge >= 0.3 is 0 Å². The monoisotopic (exact) mass is 347 g/mol. The number of methoxy groups -OCH3 is 1. The summed E-state index contributed by atoms with van der Waals surface area (Å²) in [7, 11) is 1.49. The van der Waals surface area contributed by atoms with Crippen molar-refractivity contribution in [2.24, 2.45) is 0 Å². The second-order valence-corrected chi connectivity index (χ2v) is 5.79. The van der Waals surface area contributed by atoms with Crippen LogP contribution in [0.3, 0.4) is 0 Å². The molecule has 6 heteroatoms. The Morgan fingerprint density at radius 3 is 2.44 bits per heavy atom. The molecule has 1 amide bonds. The molecule has 0 radical (unpaired) electrons. The Bertz CT molecular complexity index is 657. The van der Waals surface area contributed by atoms with E-state index in [-0.39, 0.29) is 29.6 Å². The van der Waals surface area contributed by atoms with Gasteiger partial charge in [0.05, 0.1) is 11.1 Å². The second-order valence-electron chi connectivity index (χ2n) is 5.79. The number of hydrogen-bond donors (Lipinski definition) is 0. The maximum absolute atomic E-state index is 12.8. The van der Waals surface area contributed by atoms with E-state index in [2.05, 4.69) is 5.92 Å². The van der Waals surface area contributed by atoms with Crippen LogP contribution in [0.25, 0.3) is 0 Å². The molecular formula is C19H25NO5. The number of hydrogen-bond acceptors (Lipinski definition) is 5. The molecule has 0 saturated carbocycles. The topological polar surface area (TPSA) is 65.1 Å². The number of terminal acetylenes is 1. The molecular weight excluding hydrogens is 322 g/mol. The highest BCUT2D eigenvalue weighted by molar-refractivity contribution is 6.03. The van der Waals surface area contributed by atoms with Gasteiger partial charge in [-0.3, -0.25) is 9.59 Å². The fourth-order valence-electron chi connectivity index (χ4n) is 2.18. The summed E-state index contributed by atoms with van der Waals surface area (Å²) in [4.78, 5) is 26.1. The van der Waals surface area contributed by atoms with Gasteiger partial charge in [0.25, 0.3) is 5.91 Å².